The number of aromatic nitrogens is 2. The number of nitrogens with zero attached hydrogens (tertiary/aromatic N) is 2. The van der Waals surface area contributed by atoms with Crippen molar-refractivity contribution in [2.24, 2.45) is 5.73 Å². The molecule has 112 valence electrons. The molecule has 0 bridgehead atoms. The first-order chi connectivity index (χ1) is 10.6. The normalized spacial score (nSPS) is 12.3. The number of hydrogen-bond donors (Lipinski definition) is 2. The number of anilines is 1. The van der Waals surface area contributed by atoms with Crippen molar-refractivity contribution in [3.63, 3.8) is 0 Å². The Morgan fingerprint density at radius 3 is 2.64 bits per heavy atom. The van der Waals surface area contributed by atoms with Crippen molar-refractivity contribution in [2.75, 3.05) is 5.32 Å². The Kier molecular flexibility index (Phi) is 3.77. The fraction of sp³-hybridized carbons (Fsp3) is 0.188. The van der Waals surface area contributed by atoms with E-state index in [0.717, 1.165) is 21.3 Å². The highest BCUT2D eigenvalue weighted by atomic mass is 32.1. The summed E-state index contributed by atoms with van der Waals surface area (Å²) in [5.41, 5.74) is 7.50. The molecule has 0 aliphatic rings. The van der Waals surface area contributed by atoms with Crippen LogP contribution < -0.4 is 11.1 Å². The van der Waals surface area contributed by atoms with Crippen LogP contribution in [0.3, 0.4) is 0 Å². The molecular formula is C16H16N4OS. The second kappa shape index (κ2) is 5.73. The molecule has 3 N–H and O–H groups in total. The average molecular weight is 312 g/mol. The van der Waals surface area contributed by atoms with Crippen LogP contribution in [-0.2, 0) is 4.79 Å². The molecule has 0 aliphatic heterocycles. The van der Waals surface area contributed by atoms with Crippen molar-refractivity contribution in [1.82, 2.24) is 9.97 Å². The summed E-state index contributed by atoms with van der Waals surface area (Å²) in [4.78, 5) is 22.5. The van der Waals surface area contributed by atoms with Crippen LogP contribution in [0.2, 0.25) is 0 Å². The minimum Gasteiger partial charge on any atom is -0.368 e. The highest BCUT2D eigenvalue weighted by molar-refractivity contribution is 7.18. The number of carbonyl (C=O) groups excluding carboxylic acids is 1. The molecule has 0 saturated carbocycles. The van der Waals surface area contributed by atoms with E-state index in [0.29, 0.717) is 5.82 Å². The number of amides is 1. The number of aryl methyl sites for hydroxylation is 2. The molecule has 2 aromatic heterocycles. The molecule has 22 heavy (non-hydrogen) atoms. The van der Waals surface area contributed by atoms with E-state index < -0.39 is 11.9 Å². The smallest absolute Gasteiger partial charge is 0.244 e. The van der Waals surface area contributed by atoms with Gasteiger partial charge in [0.25, 0.3) is 0 Å². The highest BCUT2D eigenvalue weighted by Gasteiger charge is 2.20. The number of nitrogens with two attached hydrogens (primary N) is 1. The van der Waals surface area contributed by atoms with Crippen molar-refractivity contribution in [3.05, 3.63) is 52.7 Å². The van der Waals surface area contributed by atoms with Crippen molar-refractivity contribution in [1.29, 1.82) is 0 Å². The topological polar surface area (TPSA) is 80.9 Å². The van der Waals surface area contributed by atoms with E-state index in [1.165, 1.54) is 11.2 Å². The summed E-state index contributed by atoms with van der Waals surface area (Å²) in [7, 11) is 0. The van der Waals surface area contributed by atoms with Crippen molar-refractivity contribution < 1.29 is 4.79 Å². The largest absolute Gasteiger partial charge is 0.368 e. The number of hydrogen-bond acceptors (Lipinski definition) is 5. The van der Waals surface area contributed by atoms with Crippen LogP contribution in [0.25, 0.3) is 10.2 Å². The molecule has 2 heterocycles. The number of primary amides is 1. The molecule has 1 unspecified atom stereocenters. The molecule has 0 saturated heterocycles. The number of carbonyl (C=O) groups is 1. The lowest BCUT2D eigenvalue weighted by Gasteiger charge is -2.17. The van der Waals surface area contributed by atoms with Gasteiger partial charge in [-0.2, -0.15) is 0 Å². The molecule has 0 spiro atoms. The number of thiophene rings is 1. The molecule has 0 aliphatic carbocycles. The Hall–Kier alpha value is -2.47. The zero-order chi connectivity index (χ0) is 15.7. The Balaban J connectivity index is 2.06. The van der Waals surface area contributed by atoms with E-state index in [1.807, 2.05) is 44.2 Å². The predicted molar refractivity (Wildman–Crippen MR) is 88.9 cm³/mol. The Bertz CT molecular complexity index is 829. The standard InChI is InChI=1S/C16H16N4OS/c1-9-10(2)22-16-12(9)15(18-8-19-16)20-13(14(17)21)11-6-4-3-5-7-11/h3-8,13H,1-2H3,(H2,17,21)(H,18,19,20). The summed E-state index contributed by atoms with van der Waals surface area (Å²) in [6.45, 7) is 4.08. The van der Waals surface area contributed by atoms with Gasteiger partial charge in [0.05, 0.1) is 5.39 Å². The Morgan fingerprint density at radius 1 is 1.23 bits per heavy atom. The minimum atomic E-state index is -0.626. The van der Waals surface area contributed by atoms with E-state index in [-0.39, 0.29) is 0 Å². The molecule has 0 fully saturated rings. The number of fused-ring (bicyclic) bond motifs is 1. The van der Waals surface area contributed by atoms with Gasteiger partial charge in [-0.1, -0.05) is 30.3 Å². The third kappa shape index (κ3) is 2.53. The lowest BCUT2D eigenvalue weighted by Crippen LogP contribution is -2.28. The van der Waals surface area contributed by atoms with E-state index in [9.17, 15) is 4.79 Å². The molecule has 3 aromatic rings. The van der Waals surface area contributed by atoms with Crippen LogP contribution in [0.5, 0.6) is 0 Å². The van der Waals surface area contributed by atoms with E-state index >= 15 is 0 Å². The van der Waals surface area contributed by atoms with Gasteiger partial charge >= 0.3 is 0 Å². The van der Waals surface area contributed by atoms with Crippen LogP contribution in [0.4, 0.5) is 5.82 Å². The first-order valence-electron chi connectivity index (χ1n) is 6.89. The Morgan fingerprint density at radius 2 is 1.95 bits per heavy atom. The van der Waals surface area contributed by atoms with Crippen molar-refractivity contribution in [2.45, 2.75) is 19.9 Å². The van der Waals surface area contributed by atoms with E-state index in [1.54, 1.807) is 11.3 Å². The van der Waals surface area contributed by atoms with Crippen molar-refractivity contribution >= 4 is 33.3 Å². The van der Waals surface area contributed by atoms with Gasteiger partial charge in [0, 0.05) is 4.88 Å². The highest BCUT2D eigenvalue weighted by Crippen LogP contribution is 2.33. The molecule has 5 nitrogen and oxygen atoms in total. The fourth-order valence-corrected chi connectivity index (χ4v) is 3.39. The van der Waals surface area contributed by atoms with Crippen molar-refractivity contribution in [3.8, 4) is 0 Å². The van der Waals surface area contributed by atoms with Gasteiger partial charge in [-0.05, 0) is 25.0 Å². The molecule has 6 heteroatoms. The van der Waals surface area contributed by atoms with E-state index in [2.05, 4.69) is 15.3 Å². The van der Waals surface area contributed by atoms with Gasteiger partial charge in [-0.25, -0.2) is 9.97 Å². The van der Waals surface area contributed by atoms with Crippen LogP contribution in [-0.4, -0.2) is 15.9 Å². The third-order valence-electron chi connectivity index (χ3n) is 3.66. The summed E-state index contributed by atoms with van der Waals surface area (Å²) in [6, 6.07) is 8.76. The first kappa shape index (κ1) is 14.5. The second-order valence-electron chi connectivity index (χ2n) is 5.08. The second-order valence-corrected chi connectivity index (χ2v) is 6.28. The Labute approximate surface area is 132 Å². The van der Waals surface area contributed by atoms with Gasteiger partial charge in [0.15, 0.2) is 0 Å². The molecular weight excluding hydrogens is 296 g/mol. The van der Waals surface area contributed by atoms with Gasteiger partial charge in [0.2, 0.25) is 5.91 Å². The molecule has 1 amide bonds. The lowest BCUT2D eigenvalue weighted by atomic mass is 10.1. The van der Waals surface area contributed by atoms with Crippen LogP contribution in [0, 0.1) is 13.8 Å². The average Bonchev–Trinajstić information content (AvgIpc) is 2.81. The van der Waals surface area contributed by atoms with E-state index in [4.69, 9.17) is 5.73 Å². The van der Waals surface area contributed by atoms with Gasteiger partial charge in [-0.3, -0.25) is 4.79 Å². The fourth-order valence-electron chi connectivity index (χ4n) is 2.39. The minimum absolute atomic E-state index is 0.442. The first-order valence-corrected chi connectivity index (χ1v) is 7.71. The SMILES string of the molecule is Cc1sc2ncnc(NC(C(N)=O)c3ccccc3)c2c1C. The van der Waals surface area contributed by atoms with Crippen LogP contribution in [0.1, 0.15) is 22.0 Å². The molecule has 1 atom stereocenters. The molecule has 0 radical (unpaired) electrons. The maximum atomic E-state index is 11.8. The van der Waals surface area contributed by atoms with Gasteiger partial charge in [-0.15, -0.1) is 11.3 Å². The third-order valence-corrected chi connectivity index (χ3v) is 4.78. The number of rotatable bonds is 4. The lowest BCUT2D eigenvalue weighted by molar-refractivity contribution is -0.118. The number of nitrogens with one attached hydrogen (secondary N) is 1. The summed E-state index contributed by atoms with van der Waals surface area (Å²) in [5.74, 6) is 0.196. The van der Waals surface area contributed by atoms with Gasteiger partial charge in [0.1, 0.15) is 23.0 Å². The summed E-state index contributed by atoms with van der Waals surface area (Å²) < 4.78 is 0. The monoisotopic (exact) mass is 312 g/mol. The maximum Gasteiger partial charge on any atom is 0.244 e. The molecule has 3 rings (SSSR count). The number of benzene rings is 1. The summed E-state index contributed by atoms with van der Waals surface area (Å²) in [5, 5.41) is 4.12. The molecule has 1 aromatic carbocycles. The zero-order valence-corrected chi connectivity index (χ0v) is 13.1. The maximum absolute atomic E-state index is 11.8. The van der Waals surface area contributed by atoms with Gasteiger partial charge < -0.3 is 11.1 Å². The summed E-state index contributed by atoms with van der Waals surface area (Å²) >= 11 is 1.62. The quantitative estimate of drug-likeness (QED) is 0.776. The van der Waals surface area contributed by atoms with Crippen LogP contribution >= 0.6 is 11.3 Å². The van der Waals surface area contributed by atoms with Crippen LogP contribution in [0.15, 0.2) is 36.7 Å². The summed E-state index contributed by atoms with van der Waals surface area (Å²) in [6.07, 6.45) is 1.50. The zero-order valence-electron chi connectivity index (χ0n) is 12.3. The predicted octanol–water partition coefficient (Wildman–Crippen LogP) is 2.95.